The summed E-state index contributed by atoms with van der Waals surface area (Å²) in [6.07, 6.45) is 1.99. The number of thioether (sulfide) groups is 1. The number of benzene rings is 1. The van der Waals surface area contributed by atoms with Crippen molar-refractivity contribution < 1.29 is 5.11 Å². The van der Waals surface area contributed by atoms with Crippen molar-refractivity contribution in [1.82, 2.24) is 14.9 Å². The first-order chi connectivity index (χ1) is 9.43. The molecule has 0 radical (unpaired) electrons. The zero-order chi connectivity index (χ0) is 14.8. The number of aromatic nitrogens is 2. The van der Waals surface area contributed by atoms with E-state index in [0.717, 1.165) is 16.9 Å². The third kappa shape index (κ3) is 3.67. The zero-order valence-electron chi connectivity index (χ0n) is 12.0. The van der Waals surface area contributed by atoms with Crippen LogP contribution in [0.1, 0.15) is 12.7 Å². The van der Waals surface area contributed by atoms with Crippen molar-refractivity contribution in [3.05, 3.63) is 29.0 Å². The van der Waals surface area contributed by atoms with E-state index in [-0.39, 0.29) is 0 Å². The topological polar surface area (TPSA) is 50.1 Å². The Morgan fingerprint density at radius 1 is 1.50 bits per heavy atom. The highest BCUT2D eigenvalue weighted by Crippen LogP contribution is 2.19. The van der Waals surface area contributed by atoms with E-state index in [9.17, 15) is 5.11 Å². The molecule has 2 N–H and O–H groups in total. The number of hydrogen-bond acceptors (Lipinski definition) is 4. The summed E-state index contributed by atoms with van der Waals surface area (Å²) in [6, 6.07) is 5.70. The normalized spacial score (nSPS) is 14.7. The second kappa shape index (κ2) is 6.35. The fourth-order valence-corrected chi connectivity index (χ4v) is 3.08. The lowest BCUT2D eigenvalue weighted by atomic mass is 10.1. The van der Waals surface area contributed by atoms with Gasteiger partial charge < -0.3 is 15.0 Å². The first-order valence-corrected chi connectivity index (χ1v) is 8.23. The van der Waals surface area contributed by atoms with Crippen molar-refractivity contribution in [3.8, 4) is 0 Å². The second-order valence-corrected chi connectivity index (χ2v) is 6.56. The molecule has 1 aromatic carbocycles. The Labute approximate surface area is 128 Å². The van der Waals surface area contributed by atoms with E-state index in [1.165, 1.54) is 0 Å². The molecule has 110 valence electrons. The number of fused-ring (bicyclic) bond motifs is 1. The lowest BCUT2D eigenvalue weighted by molar-refractivity contribution is 0.0843. The number of halogens is 1. The molecule has 20 heavy (non-hydrogen) atoms. The van der Waals surface area contributed by atoms with Gasteiger partial charge in [-0.1, -0.05) is 11.6 Å². The Hall–Kier alpha value is -0.750. The van der Waals surface area contributed by atoms with Gasteiger partial charge in [-0.3, -0.25) is 0 Å². The zero-order valence-corrected chi connectivity index (χ0v) is 13.6. The summed E-state index contributed by atoms with van der Waals surface area (Å²) in [5, 5.41) is 14.1. The van der Waals surface area contributed by atoms with E-state index < -0.39 is 5.60 Å². The van der Waals surface area contributed by atoms with Gasteiger partial charge in [0.15, 0.2) is 0 Å². The molecule has 0 amide bonds. The first kappa shape index (κ1) is 15.6. The molecule has 0 saturated heterocycles. The minimum Gasteiger partial charge on any atom is -0.388 e. The van der Waals surface area contributed by atoms with Gasteiger partial charge in [-0.15, -0.1) is 0 Å². The summed E-state index contributed by atoms with van der Waals surface area (Å²) in [6.45, 7) is 3.00. The first-order valence-electron chi connectivity index (χ1n) is 6.46. The number of nitrogens with zero attached hydrogens (tertiary/aromatic N) is 2. The highest BCUT2D eigenvalue weighted by Gasteiger charge is 2.19. The smallest absolute Gasteiger partial charge is 0.123 e. The summed E-state index contributed by atoms with van der Waals surface area (Å²) in [4.78, 5) is 4.57. The molecule has 0 aliphatic rings. The molecular formula is C14H20ClN3OS. The Bertz CT molecular complexity index is 597. The van der Waals surface area contributed by atoms with Gasteiger partial charge in [0.1, 0.15) is 5.82 Å². The number of rotatable bonds is 6. The van der Waals surface area contributed by atoms with Crippen molar-refractivity contribution in [1.29, 1.82) is 0 Å². The fraction of sp³-hybridized carbons (Fsp3) is 0.500. The maximum atomic E-state index is 10.1. The van der Waals surface area contributed by atoms with Gasteiger partial charge in [0.2, 0.25) is 0 Å². The highest BCUT2D eigenvalue weighted by atomic mass is 35.5. The van der Waals surface area contributed by atoms with Crippen LogP contribution < -0.4 is 5.32 Å². The van der Waals surface area contributed by atoms with Crippen LogP contribution in [0.25, 0.3) is 11.0 Å². The molecule has 0 spiro atoms. The van der Waals surface area contributed by atoms with Crippen molar-refractivity contribution in [3.63, 3.8) is 0 Å². The number of hydrogen-bond donors (Lipinski definition) is 2. The summed E-state index contributed by atoms with van der Waals surface area (Å²) >= 11 is 7.62. The average molecular weight is 314 g/mol. The minimum atomic E-state index is -0.701. The quantitative estimate of drug-likeness (QED) is 0.860. The Kier molecular flexibility index (Phi) is 4.96. The SMILES string of the molecule is CSCC(C)(O)CNCc1nc2cc(Cl)ccc2n1C. The number of aliphatic hydroxyl groups is 1. The number of imidazole rings is 1. The van der Waals surface area contributed by atoms with Crippen molar-refractivity contribution in [2.45, 2.75) is 19.1 Å². The highest BCUT2D eigenvalue weighted by molar-refractivity contribution is 7.98. The molecule has 0 fully saturated rings. The number of nitrogens with one attached hydrogen (secondary N) is 1. The van der Waals surface area contributed by atoms with Crippen LogP contribution in [-0.4, -0.2) is 38.8 Å². The van der Waals surface area contributed by atoms with Crippen LogP contribution in [0.3, 0.4) is 0 Å². The predicted octanol–water partition coefficient (Wildman–Crippen LogP) is 2.43. The summed E-state index contributed by atoms with van der Waals surface area (Å²) in [5.74, 6) is 1.64. The van der Waals surface area contributed by atoms with Crippen LogP contribution >= 0.6 is 23.4 Å². The molecule has 1 aromatic heterocycles. The molecule has 0 aliphatic carbocycles. The van der Waals surface area contributed by atoms with Gasteiger partial charge in [0.25, 0.3) is 0 Å². The van der Waals surface area contributed by atoms with Gasteiger partial charge in [-0.2, -0.15) is 11.8 Å². The van der Waals surface area contributed by atoms with E-state index >= 15 is 0 Å². The van der Waals surface area contributed by atoms with Crippen LogP contribution in [0, 0.1) is 0 Å². The molecule has 1 unspecified atom stereocenters. The van der Waals surface area contributed by atoms with E-state index in [4.69, 9.17) is 11.6 Å². The van der Waals surface area contributed by atoms with E-state index in [2.05, 4.69) is 10.3 Å². The number of aryl methyl sites for hydroxylation is 1. The lowest BCUT2D eigenvalue weighted by Crippen LogP contribution is -2.40. The van der Waals surface area contributed by atoms with Gasteiger partial charge >= 0.3 is 0 Å². The van der Waals surface area contributed by atoms with Crippen LogP contribution in [0.2, 0.25) is 5.02 Å². The summed E-state index contributed by atoms with van der Waals surface area (Å²) in [7, 11) is 1.99. The summed E-state index contributed by atoms with van der Waals surface area (Å²) < 4.78 is 2.04. The van der Waals surface area contributed by atoms with Crippen molar-refractivity contribution in [2.75, 3.05) is 18.6 Å². The molecule has 6 heteroatoms. The van der Waals surface area contributed by atoms with Gasteiger partial charge in [-0.05, 0) is 31.4 Å². The monoisotopic (exact) mass is 313 g/mol. The van der Waals surface area contributed by atoms with Crippen LogP contribution in [0.4, 0.5) is 0 Å². The van der Waals surface area contributed by atoms with Crippen LogP contribution in [0.5, 0.6) is 0 Å². The predicted molar refractivity (Wildman–Crippen MR) is 86.4 cm³/mol. The molecule has 2 aromatic rings. The van der Waals surface area contributed by atoms with Crippen LogP contribution in [-0.2, 0) is 13.6 Å². The van der Waals surface area contributed by atoms with Crippen LogP contribution in [0.15, 0.2) is 18.2 Å². The molecule has 0 bridgehead atoms. The Morgan fingerprint density at radius 3 is 2.95 bits per heavy atom. The van der Waals surface area contributed by atoms with Crippen molar-refractivity contribution in [2.24, 2.45) is 7.05 Å². The molecule has 1 atom stereocenters. The second-order valence-electron chi connectivity index (χ2n) is 5.25. The average Bonchev–Trinajstić information content (AvgIpc) is 2.65. The minimum absolute atomic E-state index is 0.539. The Morgan fingerprint density at radius 2 is 2.25 bits per heavy atom. The van der Waals surface area contributed by atoms with E-state index in [0.29, 0.717) is 23.9 Å². The molecule has 1 heterocycles. The molecule has 0 saturated carbocycles. The van der Waals surface area contributed by atoms with E-state index in [1.807, 2.05) is 43.0 Å². The Balaban J connectivity index is 2.05. The molecule has 0 aliphatic heterocycles. The maximum absolute atomic E-state index is 10.1. The fourth-order valence-electron chi connectivity index (χ4n) is 2.19. The third-order valence-corrected chi connectivity index (χ3v) is 4.33. The van der Waals surface area contributed by atoms with Gasteiger partial charge in [-0.25, -0.2) is 4.98 Å². The lowest BCUT2D eigenvalue weighted by Gasteiger charge is -2.22. The maximum Gasteiger partial charge on any atom is 0.123 e. The van der Waals surface area contributed by atoms with E-state index in [1.54, 1.807) is 11.8 Å². The van der Waals surface area contributed by atoms with Gasteiger partial charge in [0.05, 0.1) is 23.2 Å². The summed E-state index contributed by atoms with van der Waals surface area (Å²) in [5.41, 5.74) is 1.25. The van der Waals surface area contributed by atoms with Crippen molar-refractivity contribution >= 4 is 34.4 Å². The largest absolute Gasteiger partial charge is 0.388 e. The van der Waals surface area contributed by atoms with Gasteiger partial charge in [0, 0.05) is 24.4 Å². The molecular weight excluding hydrogens is 294 g/mol. The molecule has 2 rings (SSSR count). The third-order valence-electron chi connectivity index (χ3n) is 3.18. The molecule has 4 nitrogen and oxygen atoms in total. The standard InChI is InChI=1S/C14H20ClN3OS/c1-14(19,9-20-3)8-16-7-13-17-11-6-10(15)4-5-12(11)18(13)2/h4-6,16,19H,7-9H2,1-3H3.